The molecule has 1 rings (SSSR count). The second kappa shape index (κ2) is 4.33. The Morgan fingerprint density at radius 3 is 2.35 bits per heavy atom. The third-order valence-electron chi connectivity index (χ3n) is 2.97. The van der Waals surface area contributed by atoms with E-state index in [1.165, 1.54) is 6.20 Å². The van der Waals surface area contributed by atoms with E-state index in [0.717, 1.165) is 0 Å². The van der Waals surface area contributed by atoms with Crippen molar-refractivity contribution in [3.8, 4) is 0 Å². The van der Waals surface area contributed by atoms with E-state index in [1.807, 2.05) is 0 Å². The van der Waals surface area contributed by atoms with Gasteiger partial charge in [0.1, 0.15) is 5.69 Å². The van der Waals surface area contributed by atoms with Crippen LogP contribution < -0.4 is 11.1 Å². The molecule has 0 aliphatic rings. The van der Waals surface area contributed by atoms with E-state index in [1.54, 1.807) is 39.8 Å². The number of hydrogen-bond acceptors (Lipinski definition) is 4. The van der Waals surface area contributed by atoms with Gasteiger partial charge in [-0.25, -0.2) is 4.98 Å². The Morgan fingerprint density at radius 2 is 1.94 bits per heavy atom. The summed E-state index contributed by atoms with van der Waals surface area (Å²) in [6, 6.07) is 3.16. The number of pyridine rings is 1. The molecule has 5 nitrogen and oxygen atoms in total. The predicted octanol–water partition coefficient (Wildman–Crippen LogP) is 0.943. The molecule has 4 N–H and O–H groups in total. The first-order valence-corrected chi connectivity index (χ1v) is 5.40. The minimum atomic E-state index is -1.03. The average molecular weight is 237 g/mol. The Balaban J connectivity index is 2.83. The molecule has 0 atom stereocenters. The average Bonchev–Trinajstić information content (AvgIpc) is 2.16. The van der Waals surface area contributed by atoms with Gasteiger partial charge in [-0.3, -0.25) is 4.79 Å². The number of nitrogen functional groups attached to an aromatic ring is 1. The van der Waals surface area contributed by atoms with Gasteiger partial charge in [0.15, 0.2) is 0 Å². The first-order valence-electron chi connectivity index (χ1n) is 5.40. The van der Waals surface area contributed by atoms with E-state index in [-0.39, 0.29) is 11.6 Å². The Morgan fingerprint density at radius 1 is 1.35 bits per heavy atom. The lowest BCUT2D eigenvalue weighted by molar-refractivity contribution is -0.00302. The molecule has 0 bridgehead atoms. The van der Waals surface area contributed by atoms with Gasteiger partial charge in [0.25, 0.3) is 5.91 Å². The van der Waals surface area contributed by atoms with Gasteiger partial charge < -0.3 is 16.2 Å². The summed E-state index contributed by atoms with van der Waals surface area (Å²) in [6.07, 6.45) is 1.42. The fourth-order valence-electron chi connectivity index (χ4n) is 1.04. The maximum Gasteiger partial charge on any atom is 0.270 e. The van der Waals surface area contributed by atoms with Crippen molar-refractivity contribution in [2.45, 2.75) is 38.8 Å². The van der Waals surface area contributed by atoms with Crippen LogP contribution in [-0.2, 0) is 0 Å². The third kappa shape index (κ3) is 3.17. The van der Waals surface area contributed by atoms with Gasteiger partial charge in [0.2, 0.25) is 0 Å². The summed E-state index contributed by atoms with van der Waals surface area (Å²) in [5, 5.41) is 12.7. The van der Waals surface area contributed by atoms with Crippen LogP contribution in [0.1, 0.15) is 38.2 Å². The largest absolute Gasteiger partial charge is 0.397 e. The van der Waals surface area contributed by atoms with Gasteiger partial charge in [-0.1, -0.05) is 0 Å². The molecule has 0 aromatic carbocycles. The van der Waals surface area contributed by atoms with Gasteiger partial charge >= 0.3 is 0 Å². The Kier molecular flexibility index (Phi) is 3.43. The van der Waals surface area contributed by atoms with Crippen molar-refractivity contribution in [3.05, 3.63) is 24.0 Å². The first kappa shape index (κ1) is 13.4. The molecule has 0 saturated heterocycles. The van der Waals surface area contributed by atoms with Gasteiger partial charge in [-0.2, -0.15) is 0 Å². The minimum Gasteiger partial charge on any atom is -0.397 e. The van der Waals surface area contributed by atoms with Crippen LogP contribution in [0.2, 0.25) is 0 Å². The lowest BCUT2D eigenvalue weighted by Gasteiger charge is -2.37. The van der Waals surface area contributed by atoms with E-state index >= 15 is 0 Å². The Bertz CT molecular complexity index is 405. The van der Waals surface area contributed by atoms with Gasteiger partial charge in [0.05, 0.1) is 23.0 Å². The number of nitrogens with two attached hydrogens (primary N) is 1. The highest BCUT2D eigenvalue weighted by Gasteiger charge is 2.36. The lowest BCUT2D eigenvalue weighted by Crippen LogP contribution is -2.57. The molecule has 1 amide bonds. The molecule has 0 aliphatic carbocycles. The quantitative estimate of drug-likeness (QED) is 0.730. The van der Waals surface area contributed by atoms with Crippen LogP contribution in [0.5, 0.6) is 0 Å². The zero-order valence-corrected chi connectivity index (χ0v) is 10.6. The number of amides is 1. The zero-order chi connectivity index (χ0) is 13.3. The highest BCUT2D eigenvalue weighted by Crippen LogP contribution is 2.20. The molecule has 1 aromatic rings. The third-order valence-corrected chi connectivity index (χ3v) is 2.97. The van der Waals surface area contributed by atoms with Crippen LogP contribution in [0.15, 0.2) is 18.3 Å². The second-order valence-electron chi connectivity index (χ2n) is 5.11. The number of carbonyl (C=O) groups is 1. The summed E-state index contributed by atoms with van der Waals surface area (Å²) in [7, 11) is 0. The summed E-state index contributed by atoms with van der Waals surface area (Å²) in [4.78, 5) is 15.8. The van der Waals surface area contributed by atoms with E-state index in [9.17, 15) is 9.90 Å². The van der Waals surface area contributed by atoms with Crippen molar-refractivity contribution in [1.29, 1.82) is 0 Å². The molecule has 0 aliphatic heterocycles. The van der Waals surface area contributed by atoms with Crippen molar-refractivity contribution in [1.82, 2.24) is 10.3 Å². The summed E-state index contributed by atoms with van der Waals surface area (Å²) in [5.41, 5.74) is 4.48. The highest BCUT2D eigenvalue weighted by molar-refractivity contribution is 5.93. The standard InChI is InChI=1S/C12H19N3O2/c1-11(2,12(3,4)17)15-10(16)9-6-5-8(13)7-14-9/h5-7,17H,13H2,1-4H3,(H,15,16). The van der Waals surface area contributed by atoms with E-state index in [2.05, 4.69) is 10.3 Å². The van der Waals surface area contributed by atoms with Crippen LogP contribution in [0.4, 0.5) is 5.69 Å². The van der Waals surface area contributed by atoms with Crippen LogP contribution >= 0.6 is 0 Å². The summed E-state index contributed by atoms with van der Waals surface area (Å²) in [5.74, 6) is -0.336. The molecule has 0 fully saturated rings. The molecular weight excluding hydrogens is 218 g/mol. The zero-order valence-electron chi connectivity index (χ0n) is 10.6. The highest BCUT2D eigenvalue weighted by atomic mass is 16.3. The van der Waals surface area contributed by atoms with Crippen LogP contribution in [0.3, 0.4) is 0 Å². The Labute approximate surface area is 101 Å². The number of aromatic nitrogens is 1. The SMILES string of the molecule is CC(C)(O)C(C)(C)NC(=O)c1ccc(N)cn1. The van der Waals surface area contributed by atoms with E-state index < -0.39 is 11.1 Å². The van der Waals surface area contributed by atoms with E-state index in [4.69, 9.17) is 5.73 Å². The number of nitrogens with one attached hydrogen (secondary N) is 1. The maximum absolute atomic E-state index is 11.9. The number of nitrogens with zero attached hydrogens (tertiary/aromatic N) is 1. The molecule has 5 heteroatoms. The maximum atomic E-state index is 11.9. The van der Waals surface area contributed by atoms with Gasteiger partial charge in [-0.05, 0) is 39.8 Å². The Hall–Kier alpha value is -1.62. The lowest BCUT2D eigenvalue weighted by atomic mass is 9.86. The molecule has 0 saturated carbocycles. The fraction of sp³-hybridized carbons (Fsp3) is 0.500. The fourth-order valence-corrected chi connectivity index (χ4v) is 1.04. The van der Waals surface area contributed by atoms with Crippen LogP contribution in [0, 0.1) is 0 Å². The summed E-state index contributed by atoms with van der Waals surface area (Å²) >= 11 is 0. The molecule has 94 valence electrons. The van der Waals surface area contributed by atoms with Crippen molar-refractivity contribution < 1.29 is 9.90 Å². The molecule has 0 spiro atoms. The van der Waals surface area contributed by atoms with Crippen LogP contribution in [0.25, 0.3) is 0 Å². The van der Waals surface area contributed by atoms with Crippen molar-refractivity contribution in [2.24, 2.45) is 0 Å². The number of carbonyl (C=O) groups excluding carboxylic acids is 1. The van der Waals surface area contributed by atoms with Crippen molar-refractivity contribution in [3.63, 3.8) is 0 Å². The molecular formula is C12H19N3O2. The molecule has 0 radical (unpaired) electrons. The van der Waals surface area contributed by atoms with Crippen molar-refractivity contribution in [2.75, 3.05) is 5.73 Å². The normalized spacial score (nSPS) is 12.3. The van der Waals surface area contributed by atoms with Crippen LogP contribution in [-0.4, -0.2) is 27.1 Å². The number of anilines is 1. The molecule has 1 heterocycles. The topological polar surface area (TPSA) is 88.2 Å². The smallest absolute Gasteiger partial charge is 0.270 e. The monoisotopic (exact) mass is 237 g/mol. The molecule has 0 unspecified atom stereocenters. The predicted molar refractivity (Wildman–Crippen MR) is 66.5 cm³/mol. The second-order valence-corrected chi connectivity index (χ2v) is 5.11. The number of hydrogen-bond donors (Lipinski definition) is 3. The first-order chi connectivity index (χ1) is 7.63. The van der Waals surface area contributed by atoms with Gasteiger partial charge in [-0.15, -0.1) is 0 Å². The van der Waals surface area contributed by atoms with Crippen molar-refractivity contribution >= 4 is 11.6 Å². The minimum absolute atomic E-state index is 0.275. The number of rotatable bonds is 3. The van der Waals surface area contributed by atoms with Gasteiger partial charge in [0, 0.05) is 0 Å². The summed E-state index contributed by atoms with van der Waals surface area (Å²) in [6.45, 7) is 6.79. The molecule has 17 heavy (non-hydrogen) atoms. The van der Waals surface area contributed by atoms with E-state index in [0.29, 0.717) is 5.69 Å². The summed E-state index contributed by atoms with van der Waals surface area (Å²) < 4.78 is 0. The number of aliphatic hydroxyl groups is 1. The molecule has 1 aromatic heterocycles.